The second-order valence-electron chi connectivity index (χ2n) is 6.48. The van der Waals surface area contributed by atoms with Crippen molar-refractivity contribution in [3.8, 4) is 0 Å². The van der Waals surface area contributed by atoms with Gasteiger partial charge in [-0.05, 0) is 38.6 Å². The molecule has 2 aliphatic heterocycles. The fourth-order valence-corrected chi connectivity index (χ4v) is 3.72. The molecule has 2 heterocycles. The monoisotopic (exact) mass is 300 g/mol. The van der Waals surface area contributed by atoms with Crippen molar-refractivity contribution < 1.29 is 14.6 Å². The summed E-state index contributed by atoms with van der Waals surface area (Å²) in [5.74, 6) is 0. The van der Waals surface area contributed by atoms with Crippen LogP contribution in [0.15, 0.2) is 0 Å². The zero-order valence-electron chi connectivity index (χ0n) is 13.6. The van der Waals surface area contributed by atoms with Crippen molar-refractivity contribution in [3.05, 3.63) is 0 Å². The van der Waals surface area contributed by atoms with Gasteiger partial charge >= 0.3 is 0 Å². The first kappa shape index (κ1) is 17.2. The molecule has 0 radical (unpaired) electrons. The lowest BCUT2D eigenvalue weighted by molar-refractivity contribution is -0.0101. The summed E-state index contributed by atoms with van der Waals surface area (Å²) in [5.41, 5.74) is 0. The van der Waals surface area contributed by atoms with Crippen LogP contribution in [0.1, 0.15) is 39.0 Å². The fraction of sp³-hybridized carbons (Fsp3) is 1.00. The molecule has 0 aromatic rings. The average molecular weight is 300 g/mol. The Morgan fingerprint density at radius 3 is 2.57 bits per heavy atom. The summed E-state index contributed by atoms with van der Waals surface area (Å²) >= 11 is 0. The van der Waals surface area contributed by atoms with E-state index in [9.17, 15) is 5.11 Å². The summed E-state index contributed by atoms with van der Waals surface area (Å²) in [6.45, 7) is 5.55. The van der Waals surface area contributed by atoms with E-state index >= 15 is 0 Å². The molecule has 2 rings (SSSR count). The van der Waals surface area contributed by atoms with Gasteiger partial charge in [-0.1, -0.05) is 6.92 Å². The largest absolute Gasteiger partial charge is 0.389 e. The first-order valence-electron chi connectivity index (χ1n) is 8.47. The molecule has 0 saturated carbocycles. The van der Waals surface area contributed by atoms with E-state index in [-0.39, 0.29) is 0 Å². The van der Waals surface area contributed by atoms with E-state index in [0.717, 1.165) is 19.5 Å². The SMILES string of the molecule is CCCN(CC(O)COCCOC)C1CC2CCC(C1)N2. The van der Waals surface area contributed by atoms with E-state index in [4.69, 9.17) is 9.47 Å². The minimum Gasteiger partial charge on any atom is -0.389 e. The molecule has 5 heteroatoms. The van der Waals surface area contributed by atoms with Gasteiger partial charge in [0.05, 0.1) is 25.9 Å². The van der Waals surface area contributed by atoms with Gasteiger partial charge in [0, 0.05) is 31.8 Å². The van der Waals surface area contributed by atoms with Crippen molar-refractivity contribution in [2.45, 2.75) is 63.3 Å². The molecule has 21 heavy (non-hydrogen) atoms. The van der Waals surface area contributed by atoms with Crippen LogP contribution in [0.25, 0.3) is 0 Å². The third-order valence-electron chi connectivity index (χ3n) is 4.66. The van der Waals surface area contributed by atoms with Gasteiger partial charge in [-0.3, -0.25) is 4.90 Å². The highest BCUT2D eigenvalue weighted by atomic mass is 16.5. The number of rotatable bonds is 10. The smallest absolute Gasteiger partial charge is 0.0900 e. The van der Waals surface area contributed by atoms with Gasteiger partial charge in [-0.2, -0.15) is 0 Å². The van der Waals surface area contributed by atoms with Crippen LogP contribution < -0.4 is 5.32 Å². The molecule has 3 unspecified atom stereocenters. The highest BCUT2D eigenvalue weighted by Gasteiger charge is 2.36. The van der Waals surface area contributed by atoms with Crippen LogP contribution in [-0.2, 0) is 9.47 Å². The molecule has 0 amide bonds. The van der Waals surface area contributed by atoms with E-state index in [1.807, 2.05) is 0 Å². The first-order chi connectivity index (χ1) is 10.2. The standard InChI is InChI=1S/C16H32N2O3/c1-3-6-18(11-16(19)12-21-8-7-20-2)15-9-13-4-5-14(10-15)17-13/h13-17,19H,3-12H2,1-2H3. The van der Waals surface area contributed by atoms with Crippen LogP contribution in [0, 0.1) is 0 Å². The maximum atomic E-state index is 10.2. The summed E-state index contributed by atoms with van der Waals surface area (Å²) in [4.78, 5) is 2.48. The van der Waals surface area contributed by atoms with E-state index in [0.29, 0.717) is 37.9 Å². The number of methoxy groups -OCH3 is 1. The van der Waals surface area contributed by atoms with Crippen molar-refractivity contribution in [1.29, 1.82) is 0 Å². The maximum absolute atomic E-state index is 10.2. The number of fused-ring (bicyclic) bond motifs is 2. The molecule has 124 valence electrons. The average Bonchev–Trinajstić information content (AvgIpc) is 2.81. The third-order valence-corrected chi connectivity index (χ3v) is 4.66. The second-order valence-corrected chi connectivity index (χ2v) is 6.48. The molecule has 5 nitrogen and oxygen atoms in total. The second kappa shape index (κ2) is 9.06. The lowest BCUT2D eigenvalue weighted by Gasteiger charge is -2.38. The zero-order chi connectivity index (χ0) is 15.1. The predicted molar refractivity (Wildman–Crippen MR) is 83.5 cm³/mol. The molecule has 2 N–H and O–H groups in total. The number of aliphatic hydroxyl groups excluding tert-OH is 1. The molecule has 0 aliphatic carbocycles. The molecule has 2 fully saturated rings. The van der Waals surface area contributed by atoms with Crippen LogP contribution >= 0.6 is 0 Å². The van der Waals surface area contributed by atoms with E-state index in [1.165, 1.54) is 25.7 Å². The summed E-state index contributed by atoms with van der Waals surface area (Å²) < 4.78 is 10.4. The first-order valence-corrected chi connectivity index (χ1v) is 8.47. The molecule has 0 aromatic heterocycles. The van der Waals surface area contributed by atoms with Gasteiger partial charge in [0.1, 0.15) is 0 Å². The molecule has 3 atom stereocenters. The molecule has 2 saturated heterocycles. The van der Waals surface area contributed by atoms with Crippen LogP contribution in [0.4, 0.5) is 0 Å². The number of piperidine rings is 1. The minimum atomic E-state index is -0.402. The van der Waals surface area contributed by atoms with Gasteiger partial charge in [0.25, 0.3) is 0 Å². The van der Waals surface area contributed by atoms with Gasteiger partial charge in [0.2, 0.25) is 0 Å². The topological polar surface area (TPSA) is 54.0 Å². The Bertz CT molecular complexity index is 279. The van der Waals surface area contributed by atoms with Crippen molar-refractivity contribution >= 4 is 0 Å². The maximum Gasteiger partial charge on any atom is 0.0900 e. The van der Waals surface area contributed by atoms with Crippen LogP contribution in [0.3, 0.4) is 0 Å². The minimum absolute atomic E-state index is 0.402. The Balaban J connectivity index is 1.75. The van der Waals surface area contributed by atoms with E-state index < -0.39 is 6.10 Å². The quantitative estimate of drug-likeness (QED) is 0.590. The van der Waals surface area contributed by atoms with Crippen molar-refractivity contribution in [1.82, 2.24) is 10.2 Å². The van der Waals surface area contributed by atoms with Crippen LogP contribution in [0.5, 0.6) is 0 Å². The lowest BCUT2D eigenvalue weighted by atomic mass is 9.97. The molecule has 2 bridgehead atoms. The predicted octanol–water partition coefficient (Wildman–Crippen LogP) is 1.01. The number of hydrogen-bond donors (Lipinski definition) is 2. The number of aliphatic hydroxyl groups is 1. The van der Waals surface area contributed by atoms with Gasteiger partial charge in [0.15, 0.2) is 0 Å². The fourth-order valence-electron chi connectivity index (χ4n) is 3.72. The number of nitrogens with zero attached hydrogens (tertiary/aromatic N) is 1. The van der Waals surface area contributed by atoms with Gasteiger partial charge in [-0.25, -0.2) is 0 Å². The van der Waals surface area contributed by atoms with Crippen molar-refractivity contribution in [2.24, 2.45) is 0 Å². The highest BCUT2D eigenvalue weighted by Crippen LogP contribution is 2.29. The van der Waals surface area contributed by atoms with Crippen LogP contribution in [0.2, 0.25) is 0 Å². The Hall–Kier alpha value is -0.200. The Kier molecular flexibility index (Phi) is 7.40. The zero-order valence-corrected chi connectivity index (χ0v) is 13.6. The Morgan fingerprint density at radius 2 is 1.95 bits per heavy atom. The number of nitrogens with one attached hydrogen (secondary N) is 1. The van der Waals surface area contributed by atoms with Crippen molar-refractivity contribution in [2.75, 3.05) is 40.0 Å². The lowest BCUT2D eigenvalue weighted by Crippen LogP contribution is -2.50. The summed E-state index contributed by atoms with van der Waals surface area (Å²) in [6, 6.07) is 2.02. The molecular weight excluding hydrogens is 268 g/mol. The molecule has 0 aromatic carbocycles. The summed E-state index contributed by atoms with van der Waals surface area (Å²) in [7, 11) is 1.66. The van der Waals surface area contributed by atoms with E-state index in [2.05, 4.69) is 17.1 Å². The number of ether oxygens (including phenoxy) is 2. The normalized spacial score (nSPS) is 30.0. The number of hydrogen-bond acceptors (Lipinski definition) is 5. The Morgan fingerprint density at radius 1 is 1.24 bits per heavy atom. The summed E-state index contributed by atoms with van der Waals surface area (Å²) in [5, 5.41) is 13.9. The van der Waals surface area contributed by atoms with Gasteiger partial charge in [-0.15, -0.1) is 0 Å². The molecule has 0 spiro atoms. The van der Waals surface area contributed by atoms with Crippen molar-refractivity contribution in [3.63, 3.8) is 0 Å². The van der Waals surface area contributed by atoms with Crippen LogP contribution in [-0.4, -0.2) is 74.3 Å². The molecule has 2 aliphatic rings. The van der Waals surface area contributed by atoms with E-state index in [1.54, 1.807) is 7.11 Å². The van der Waals surface area contributed by atoms with Gasteiger partial charge < -0.3 is 19.9 Å². The highest BCUT2D eigenvalue weighted by molar-refractivity contribution is 4.95. The third kappa shape index (κ3) is 5.49. The summed E-state index contributed by atoms with van der Waals surface area (Å²) in [6.07, 6.45) is 5.84. The molecular formula is C16H32N2O3. The Labute approximate surface area is 129 Å².